The number of esters is 1. The van der Waals surface area contributed by atoms with Crippen LogP contribution in [0.3, 0.4) is 0 Å². The van der Waals surface area contributed by atoms with E-state index in [1.54, 1.807) is 24.3 Å². The lowest BCUT2D eigenvalue weighted by Crippen LogP contribution is -2.30. The van der Waals surface area contributed by atoms with Crippen LogP contribution >= 0.6 is 0 Å². The number of nitriles is 1. The molecule has 134 valence electrons. The van der Waals surface area contributed by atoms with Gasteiger partial charge in [0.05, 0.1) is 23.1 Å². The van der Waals surface area contributed by atoms with Crippen molar-refractivity contribution in [2.24, 2.45) is 0 Å². The van der Waals surface area contributed by atoms with Crippen molar-refractivity contribution >= 4 is 17.6 Å². The van der Waals surface area contributed by atoms with E-state index in [2.05, 4.69) is 15.5 Å². The number of anilines is 1. The number of aromatic amines is 1. The van der Waals surface area contributed by atoms with Crippen LogP contribution in [0.15, 0.2) is 60.8 Å². The summed E-state index contributed by atoms with van der Waals surface area (Å²) >= 11 is 0. The molecule has 0 radical (unpaired) electrons. The maximum atomic E-state index is 12.5. The van der Waals surface area contributed by atoms with Crippen LogP contribution < -0.4 is 5.32 Å². The second-order valence-corrected chi connectivity index (χ2v) is 5.72. The second kappa shape index (κ2) is 7.97. The number of hydrogen-bond donors (Lipinski definition) is 2. The molecule has 0 saturated heterocycles. The Morgan fingerprint density at radius 1 is 1.15 bits per heavy atom. The highest BCUT2D eigenvalue weighted by Crippen LogP contribution is 2.22. The summed E-state index contributed by atoms with van der Waals surface area (Å²) in [5.74, 6) is -1.20. The molecule has 0 saturated carbocycles. The number of amides is 1. The number of H-pyrrole nitrogens is 1. The molecule has 1 unspecified atom stereocenters. The van der Waals surface area contributed by atoms with Crippen molar-refractivity contribution in [1.29, 1.82) is 5.26 Å². The van der Waals surface area contributed by atoms with E-state index in [1.165, 1.54) is 13.1 Å². The third-order valence-electron chi connectivity index (χ3n) is 3.88. The summed E-state index contributed by atoms with van der Waals surface area (Å²) in [5, 5.41) is 18.4. The lowest BCUT2D eigenvalue weighted by Gasteiger charge is -2.14. The minimum absolute atomic E-state index is 0.235. The number of para-hydroxylation sites is 1. The molecule has 7 heteroatoms. The normalized spacial score (nSPS) is 11.3. The summed E-state index contributed by atoms with van der Waals surface area (Å²) in [6, 6.07) is 17.8. The lowest BCUT2D eigenvalue weighted by molar-refractivity contribution is -0.123. The molecule has 0 bridgehead atoms. The van der Waals surface area contributed by atoms with Crippen molar-refractivity contribution in [1.82, 2.24) is 10.2 Å². The van der Waals surface area contributed by atoms with Crippen molar-refractivity contribution in [3.8, 4) is 17.3 Å². The van der Waals surface area contributed by atoms with Gasteiger partial charge in [-0.05, 0) is 19.1 Å². The van der Waals surface area contributed by atoms with E-state index in [9.17, 15) is 9.59 Å². The number of benzene rings is 2. The maximum Gasteiger partial charge on any atom is 0.342 e. The quantitative estimate of drug-likeness (QED) is 0.680. The first-order chi connectivity index (χ1) is 13.1. The number of carbonyl (C=O) groups is 2. The molecule has 0 aliphatic rings. The molecule has 0 aliphatic carbocycles. The van der Waals surface area contributed by atoms with E-state index in [1.807, 2.05) is 36.4 Å². The van der Waals surface area contributed by atoms with Crippen LogP contribution in [-0.2, 0) is 9.53 Å². The summed E-state index contributed by atoms with van der Waals surface area (Å²) in [5.41, 5.74) is 2.22. The average Bonchev–Trinajstić information content (AvgIpc) is 3.19. The molecule has 27 heavy (non-hydrogen) atoms. The third kappa shape index (κ3) is 4.02. The minimum atomic E-state index is -1.05. The largest absolute Gasteiger partial charge is 0.449 e. The van der Waals surface area contributed by atoms with Gasteiger partial charge in [0.15, 0.2) is 6.10 Å². The number of nitrogens with zero attached hydrogens (tertiary/aromatic N) is 2. The zero-order valence-electron chi connectivity index (χ0n) is 14.5. The van der Waals surface area contributed by atoms with E-state index in [0.29, 0.717) is 16.9 Å². The van der Waals surface area contributed by atoms with E-state index in [0.717, 1.165) is 5.56 Å². The van der Waals surface area contributed by atoms with Crippen LogP contribution in [-0.4, -0.2) is 28.2 Å². The Labute approximate surface area is 155 Å². The molecule has 2 N–H and O–H groups in total. The maximum absolute atomic E-state index is 12.5. The topological polar surface area (TPSA) is 108 Å². The van der Waals surface area contributed by atoms with E-state index >= 15 is 0 Å². The Balaban J connectivity index is 1.71. The Morgan fingerprint density at radius 2 is 1.85 bits per heavy atom. The average molecular weight is 360 g/mol. The van der Waals surface area contributed by atoms with E-state index in [4.69, 9.17) is 10.00 Å². The standard InChI is InChI=1S/C20H16N4O3/c1-13(19(25)23-17-10-6-5-9-15(17)11-21)27-20(26)16-12-22-24-18(16)14-7-3-2-4-8-14/h2-10,12-13H,1H3,(H,22,24)(H,23,25). The number of hydrogen-bond acceptors (Lipinski definition) is 5. The zero-order chi connectivity index (χ0) is 19.2. The van der Waals surface area contributed by atoms with Crippen LogP contribution in [0.1, 0.15) is 22.8 Å². The minimum Gasteiger partial charge on any atom is -0.449 e. The smallest absolute Gasteiger partial charge is 0.342 e. The SMILES string of the molecule is CC(OC(=O)c1cn[nH]c1-c1ccccc1)C(=O)Nc1ccccc1C#N. The first kappa shape index (κ1) is 17.9. The first-order valence-corrected chi connectivity index (χ1v) is 8.20. The van der Waals surface area contributed by atoms with Gasteiger partial charge >= 0.3 is 5.97 Å². The van der Waals surface area contributed by atoms with Crippen LogP contribution in [0, 0.1) is 11.3 Å². The van der Waals surface area contributed by atoms with Crippen LogP contribution in [0.4, 0.5) is 5.69 Å². The molecule has 7 nitrogen and oxygen atoms in total. The highest BCUT2D eigenvalue weighted by molar-refractivity contribution is 6.00. The Kier molecular flexibility index (Phi) is 5.28. The van der Waals surface area contributed by atoms with Gasteiger partial charge in [-0.1, -0.05) is 42.5 Å². The predicted molar refractivity (Wildman–Crippen MR) is 98.7 cm³/mol. The van der Waals surface area contributed by atoms with E-state index in [-0.39, 0.29) is 5.56 Å². The van der Waals surface area contributed by atoms with Gasteiger partial charge < -0.3 is 10.1 Å². The number of rotatable bonds is 5. The van der Waals surface area contributed by atoms with Crippen molar-refractivity contribution in [3.05, 3.63) is 71.9 Å². The van der Waals surface area contributed by atoms with Crippen LogP contribution in [0.5, 0.6) is 0 Å². The number of ether oxygens (including phenoxy) is 1. The van der Waals surface area contributed by atoms with Crippen LogP contribution in [0.2, 0.25) is 0 Å². The molecular weight excluding hydrogens is 344 g/mol. The number of carbonyl (C=O) groups excluding carboxylic acids is 2. The van der Waals surface area contributed by atoms with Gasteiger partial charge in [0.2, 0.25) is 0 Å². The highest BCUT2D eigenvalue weighted by atomic mass is 16.5. The van der Waals surface area contributed by atoms with Gasteiger partial charge in [0, 0.05) is 5.56 Å². The molecule has 2 aromatic carbocycles. The van der Waals surface area contributed by atoms with Gasteiger partial charge in [-0.15, -0.1) is 0 Å². The summed E-state index contributed by atoms with van der Waals surface area (Å²) in [6.45, 7) is 1.46. The second-order valence-electron chi connectivity index (χ2n) is 5.72. The summed E-state index contributed by atoms with van der Waals surface area (Å²) in [7, 11) is 0. The molecule has 3 aromatic rings. The molecule has 0 aliphatic heterocycles. The number of aromatic nitrogens is 2. The molecule has 1 heterocycles. The van der Waals surface area contributed by atoms with Crippen LogP contribution in [0.25, 0.3) is 11.3 Å². The molecule has 3 rings (SSSR count). The van der Waals surface area contributed by atoms with Crippen molar-refractivity contribution in [3.63, 3.8) is 0 Å². The van der Waals surface area contributed by atoms with Gasteiger partial charge in [0.1, 0.15) is 11.6 Å². The van der Waals surface area contributed by atoms with Gasteiger partial charge in [-0.3, -0.25) is 9.89 Å². The Hall–Kier alpha value is -3.92. The fraction of sp³-hybridized carbons (Fsp3) is 0.100. The highest BCUT2D eigenvalue weighted by Gasteiger charge is 2.23. The molecule has 1 atom stereocenters. The van der Waals surface area contributed by atoms with Crippen molar-refractivity contribution < 1.29 is 14.3 Å². The molecule has 1 aromatic heterocycles. The monoisotopic (exact) mass is 360 g/mol. The number of nitrogens with one attached hydrogen (secondary N) is 2. The Morgan fingerprint density at radius 3 is 2.59 bits per heavy atom. The summed E-state index contributed by atoms with van der Waals surface area (Å²) in [4.78, 5) is 24.8. The zero-order valence-corrected chi connectivity index (χ0v) is 14.5. The van der Waals surface area contributed by atoms with Crippen molar-refractivity contribution in [2.45, 2.75) is 13.0 Å². The summed E-state index contributed by atoms with van der Waals surface area (Å²) in [6.07, 6.45) is 0.308. The predicted octanol–water partition coefficient (Wildman–Crippen LogP) is 3.13. The van der Waals surface area contributed by atoms with Gasteiger partial charge in [-0.25, -0.2) is 4.79 Å². The lowest BCUT2D eigenvalue weighted by atomic mass is 10.1. The molecular formula is C20H16N4O3. The fourth-order valence-corrected chi connectivity index (χ4v) is 2.47. The molecule has 1 amide bonds. The fourth-order valence-electron chi connectivity index (χ4n) is 2.47. The summed E-state index contributed by atoms with van der Waals surface area (Å²) < 4.78 is 5.27. The van der Waals surface area contributed by atoms with Gasteiger partial charge in [0.25, 0.3) is 5.91 Å². The van der Waals surface area contributed by atoms with Gasteiger partial charge in [-0.2, -0.15) is 10.4 Å². The van der Waals surface area contributed by atoms with E-state index < -0.39 is 18.0 Å². The first-order valence-electron chi connectivity index (χ1n) is 8.20. The Bertz CT molecular complexity index is 1010. The third-order valence-corrected chi connectivity index (χ3v) is 3.88. The van der Waals surface area contributed by atoms with Crippen molar-refractivity contribution in [2.75, 3.05) is 5.32 Å². The molecule has 0 fully saturated rings. The molecule has 0 spiro atoms.